The topological polar surface area (TPSA) is 79.5 Å². The molecule has 0 aliphatic heterocycles. The monoisotopic (exact) mass is 357 g/mol. The zero-order valence-corrected chi connectivity index (χ0v) is 13.7. The van der Waals surface area contributed by atoms with Crippen molar-refractivity contribution in [1.29, 1.82) is 0 Å². The van der Waals surface area contributed by atoms with Gasteiger partial charge < -0.3 is 9.63 Å². The molecule has 1 aromatic heterocycles. The van der Waals surface area contributed by atoms with Crippen molar-refractivity contribution < 1.29 is 27.6 Å². The van der Waals surface area contributed by atoms with E-state index < -0.39 is 23.8 Å². The molecule has 6 nitrogen and oxygen atoms in total. The van der Waals surface area contributed by atoms with Gasteiger partial charge in [0.05, 0.1) is 18.2 Å². The van der Waals surface area contributed by atoms with Gasteiger partial charge in [-0.3, -0.25) is 9.69 Å². The maximum atomic E-state index is 12.8. The number of halogens is 3. The lowest BCUT2D eigenvalue weighted by Crippen LogP contribution is -2.33. The third-order valence-corrected chi connectivity index (χ3v) is 3.64. The first-order valence-corrected chi connectivity index (χ1v) is 7.69. The number of hydrogen-bond acceptors (Lipinski definition) is 5. The number of alkyl halides is 3. The number of aromatic nitrogens is 2. The van der Waals surface area contributed by atoms with E-state index in [2.05, 4.69) is 10.1 Å². The van der Waals surface area contributed by atoms with E-state index in [-0.39, 0.29) is 23.8 Å². The van der Waals surface area contributed by atoms with E-state index in [1.165, 1.54) is 12.1 Å². The molecular weight excluding hydrogens is 339 g/mol. The number of benzene rings is 1. The Hall–Kier alpha value is -2.42. The van der Waals surface area contributed by atoms with Gasteiger partial charge in [-0.1, -0.05) is 24.2 Å². The second-order valence-corrected chi connectivity index (χ2v) is 5.57. The van der Waals surface area contributed by atoms with E-state index in [4.69, 9.17) is 9.63 Å². The van der Waals surface area contributed by atoms with Gasteiger partial charge in [-0.15, -0.1) is 0 Å². The minimum absolute atomic E-state index is 0.0275. The first kappa shape index (κ1) is 18.9. The zero-order chi connectivity index (χ0) is 18.6. The third-order valence-electron chi connectivity index (χ3n) is 3.64. The first-order valence-electron chi connectivity index (χ1n) is 7.69. The normalized spacial score (nSPS) is 13.2. The van der Waals surface area contributed by atoms with Gasteiger partial charge in [-0.25, -0.2) is 0 Å². The highest BCUT2D eigenvalue weighted by Gasteiger charge is 2.31. The van der Waals surface area contributed by atoms with Crippen LogP contribution in [0.2, 0.25) is 0 Å². The van der Waals surface area contributed by atoms with E-state index in [1.807, 2.05) is 6.92 Å². The van der Waals surface area contributed by atoms with Gasteiger partial charge in [0.2, 0.25) is 11.7 Å². The summed E-state index contributed by atoms with van der Waals surface area (Å²) in [6.45, 7) is 3.93. The molecule has 9 heteroatoms. The van der Waals surface area contributed by atoms with Gasteiger partial charge in [0, 0.05) is 5.56 Å². The van der Waals surface area contributed by atoms with Crippen molar-refractivity contribution in [1.82, 2.24) is 15.0 Å². The molecule has 0 fully saturated rings. The quantitative estimate of drug-likeness (QED) is 0.815. The highest BCUT2D eigenvalue weighted by molar-refractivity contribution is 5.69. The summed E-state index contributed by atoms with van der Waals surface area (Å²) in [4.78, 5) is 16.7. The Morgan fingerprint density at radius 2 is 2.12 bits per heavy atom. The average molecular weight is 357 g/mol. The predicted molar refractivity (Wildman–Crippen MR) is 82.7 cm³/mol. The maximum Gasteiger partial charge on any atom is 0.416 e. The Morgan fingerprint density at radius 3 is 2.72 bits per heavy atom. The second-order valence-electron chi connectivity index (χ2n) is 5.57. The molecule has 0 radical (unpaired) electrons. The fourth-order valence-corrected chi connectivity index (χ4v) is 2.38. The molecule has 25 heavy (non-hydrogen) atoms. The van der Waals surface area contributed by atoms with Gasteiger partial charge in [-0.05, 0) is 32.0 Å². The molecule has 2 rings (SSSR count). The Kier molecular flexibility index (Phi) is 5.78. The van der Waals surface area contributed by atoms with Crippen molar-refractivity contribution in [2.24, 2.45) is 0 Å². The van der Waals surface area contributed by atoms with Crippen LogP contribution in [-0.2, 0) is 11.0 Å². The highest BCUT2D eigenvalue weighted by Crippen LogP contribution is 2.32. The minimum Gasteiger partial charge on any atom is -0.480 e. The summed E-state index contributed by atoms with van der Waals surface area (Å²) in [5, 5.41) is 12.7. The van der Waals surface area contributed by atoms with Crippen molar-refractivity contribution in [3.05, 3.63) is 35.7 Å². The average Bonchev–Trinajstić information content (AvgIpc) is 3.02. The summed E-state index contributed by atoms with van der Waals surface area (Å²) < 4.78 is 43.5. The Balaban J connectivity index is 2.25. The summed E-state index contributed by atoms with van der Waals surface area (Å²) in [5.74, 6) is -0.806. The lowest BCUT2D eigenvalue weighted by Gasteiger charge is -2.23. The van der Waals surface area contributed by atoms with Gasteiger partial charge in [0.1, 0.15) is 0 Å². The fraction of sp³-hybridized carbons (Fsp3) is 0.438. The smallest absolute Gasteiger partial charge is 0.416 e. The molecule has 0 aliphatic rings. The lowest BCUT2D eigenvalue weighted by molar-refractivity contribution is -0.139. The van der Waals surface area contributed by atoms with Gasteiger partial charge >= 0.3 is 12.1 Å². The zero-order valence-electron chi connectivity index (χ0n) is 13.7. The number of rotatable bonds is 7. The molecular formula is C16H18F3N3O3. The largest absolute Gasteiger partial charge is 0.480 e. The number of carboxylic acid groups (broad SMARTS) is 1. The van der Waals surface area contributed by atoms with Crippen LogP contribution in [0.5, 0.6) is 0 Å². The Morgan fingerprint density at radius 1 is 1.40 bits per heavy atom. The van der Waals surface area contributed by atoms with Crippen LogP contribution in [0.4, 0.5) is 13.2 Å². The maximum absolute atomic E-state index is 12.8. The molecule has 1 heterocycles. The van der Waals surface area contributed by atoms with Crippen molar-refractivity contribution >= 4 is 5.97 Å². The highest BCUT2D eigenvalue weighted by atomic mass is 19.4. The standard InChI is InChI=1S/C16H18F3N3O3/c1-3-7-22(9-13(23)24)10(2)15-20-14(21-25-15)11-5-4-6-12(8-11)16(17,18)19/h4-6,8,10H,3,7,9H2,1-2H3,(H,23,24). The van der Waals surface area contributed by atoms with Crippen molar-refractivity contribution in [2.45, 2.75) is 32.5 Å². The number of carboxylic acids is 1. The number of hydrogen-bond donors (Lipinski definition) is 1. The Bertz CT molecular complexity index is 731. The second kappa shape index (κ2) is 7.64. The molecule has 0 saturated carbocycles. The van der Waals surface area contributed by atoms with Gasteiger partial charge in [-0.2, -0.15) is 18.2 Å². The van der Waals surface area contributed by atoms with Crippen LogP contribution in [0.1, 0.15) is 37.8 Å². The van der Waals surface area contributed by atoms with Crippen LogP contribution in [-0.4, -0.2) is 39.2 Å². The van der Waals surface area contributed by atoms with Gasteiger partial charge in [0.25, 0.3) is 0 Å². The van der Waals surface area contributed by atoms with E-state index in [9.17, 15) is 18.0 Å². The molecule has 0 amide bonds. The molecule has 1 aromatic carbocycles. The molecule has 0 saturated heterocycles. The summed E-state index contributed by atoms with van der Waals surface area (Å²) in [7, 11) is 0. The predicted octanol–water partition coefficient (Wildman–Crippen LogP) is 3.61. The van der Waals surface area contributed by atoms with Crippen molar-refractivity contribution in [3.8, 4) is 11.4 Å². The van der Waals surface area contributed by atoms with E-state index in [1.54, 1.807) is 11.8 Å². The van der Waals surface area contributed by atoms with Crippen molar-refractivity contribution in [2.75, 3.05) is 13.1 Å². The summed E-state index contributed by atoms with van der Waals surface area (Å²) >= 11 is 0. The molecule has 1 unspecified atom stereocenters. The van der Waals surface area contributed by atoms with Gasteiger partial charge in [0.15, 0.2) is 0 Å². The molecule has 1 atom stereocenters. The minimum atomic E-state index is -4.46. The van der Waals surface area contributed by atoms with Crippen LogP contribution in [0.15, 0.2) is 28.8 Å². The molecule has 1 N–H and O–H groups in total. The number of nitrogens with zero attached hydrogens (tertiary/aromatic N) is 3. The number of carbonyl (C=O) groups is 1. The third kappa shape index (κ3) is 4.79. The molecule has 0 aliphatic carbocycles. The van der Waals surface area contributed by atoms with Crippen LogP contribution >= 0.6 is 0 Å². The molecule has 0 bridgehead atoms. The fourth-order valence-electron chi connectivity index (χ4n) is 2.38. The summed E-state index contributed by atoms with van der Waals surface area (Å²) in [6.07, 6.45) is -3.73. The molecule has 136 valence electrons. The lowest BCUT2D eigenvalue weighted by atomic mass is 10.1. The van der Waals surface area contributed by atoms with Crippen molar-refractivity contribution in [3.63, 3.8) is 0 Å². The first-order chi connectivity index (χ1) is 11.7. The summed E-state index contributed by atoms with van der Waals surface area (Å²) in [6, 6.07) is 4.16. The van der Waals surface area contributed by atoms with E-state index >= 15 is 0 Å². The molecule has 0 spiro atoms. The number of aliphatic carboxylic acids is 1. The SMILES string of the molecule is CCCN(CC(=O)O)C(C)c1nc(-c2cccc(C(F)(F)F)c2)no1. The van der Waals surface area contributed by atoms with Crippen LogP contribution in [0, 0.1) is 0 Å². The van der Waals surface area contributed by atoms with Crippen LogP contribution < -0.4 is 0 Å². The van der Waals surface area contributed by atoms with E-state index in [0.29, 0.717) is 6.54 Å². The molecule has 2 aromatic rings. The van der Waals surface area contributed by atoms with Crippen LogP contribution in [0.3, 0.4) is 0 Å². The van der Waals surface area contributed by atoms with E-state index in [0.717, 1.165) is 18.6 Å². The van der Waals surface area contributed by atoms with Crippen LogP contribution in [0.25, 0.3) is 11.4 Å². The Labute approximate surface area is 142 Å². The summed E-state index contributed by atoms with van der Waals surface area (Å²) in [5.41, 5.74) is -0.625.